The molecule has 144 valence electrons. The molecule has 0 radical (unpaired) electrons. The normalized spacial score (nSPS) is 14.9. The largest absolute Gasteiger partial charge is 0.418 e. The number of aryl methyl sites for hydroxylation is 1. The molecule has 1 aromatic heterocycles. The lowest BCUT2D eigenvalue weighted by molar-refractivity contribution is -0.137. The van der Waals surface area contributed by atoms with E-state index in [0.717, 1.165) is 12.1 Å². The molecule has 1 amide bonds. The molecule has 1 saturated heterocycles. The fourth-order valence-electron chi connectivity index (χ4n) is 2.81. The molecule has 2 heterocycles. The summed E-state index contributed by atoms with van der Waals surface area (Å²) < 4.78 is 45.7. The van der Waals surface area contributed by atoms with E-state index in [9.17, 15) is 22.8 Å². The third-order valence-electron chi connectivity index (χ3n) is 4.00. The van der Waals surface area contributed by atoms with Gasteiger partial charge in [0.1, 0.15) is 11.5 Å². The molecule has 3 rings (SSSR count). The molecule has 0 atom stereocenters. The summed E-state index contributed by atoms with van der Waals surface area (Å²) in [7, 11) is 0. The van der Waals surface area contributed by atoms with Gasteiger partial charge in [0.25, 0.3) is 11.5 Å². The number of anilines is 2. The van der Waals surface area contributed by atoms with Gasteiger partial charge in [-0.25, -0.2) is 4.98 Å². The second kappa shape index (κ2) is 7.39. The Balaban J connectivity index is 1.90. The standard InChI is InChI=1S/C17H17F3N4O3/c1-10-21-13(9-15(25)22-10)16(26)23-11-2-3-14(12(8-11)17(18,19)20)24-4-6-27-7-5-24/h2-3,8-9H,4-7H2,1H3,(H,23,26)(H,21,22,25). The van der Waals surface area contributed by atoms with E-state index in [-0.39, 0.29) is 22.9 Å². The maximum Gasteiger partial charge on any atom is 0.418 e. The van der Waals surface area contributed by atoms with Crippen molar-refractivity contribution in [3.05, 3.63) is 51.7 Å². The predicted molar refractivity (Wildman–Crippen MR) is 92.0 cm³/mol. The molecule has 2 aromatic rings. The number of amides is 1. The molecule has 0 aliphatic carbocycles. The molecule has 7 nitrogen and oxygen atoms in total. The van der Waals surface area contributed by atoms with Gasteiger partial charge in [0.2, 0.25) is 0 Å². The van der Waals surface area contributed by atoms with E-state index in [1.807, 2.05) is 0 Å². The van der Waals surface area contributed by atoms with E-state index >= 15 is 0 Å². The van der Waals surface area contributed by atoms with Gasteiger partial charge in [-0.2, -0.15) is 13.2 Å². The zero-order chi connectivity index (χ0) is 19.6. The van der Waals surface area contributed by atoms with E-state index in [1.54, 1.807) is 4.90 Å². The summed E-state index contributed by atoms with van der Waals surface area (Å²) in [5, 5.41) is 2.36. The van der Waals surface area contributed by atoms with Crippen LogP contribution in [0, 0.1) is 6.92 Å². The Morgan fingerprint density at radius 1 is 1.26 bits per heavy atom. The van der Waals surface area contributed by atoms with Gasteiger partial charge in [-0.3, -0.25) is 9.59 Å². The highest BCUT2D eigenvalue weighted by molar-refractivity contribution is 6.03. The first kappa shape index (κ1) is 18.9. The van der Waals surface area contributed by atoms with Crippen LogP contribution < -0.4 is 15.8 Å². The Bertz CT molecular complexity index is 905. The van der Waals surface area contributed by atoms with Crippen molar-refractivity contribution < 1.29 is 22.7 Å². The average Bonchev–Trinajstić information content (AvgIpc) is 2.61. The number of aromatic amines is 1. The van der Waals surface area contributed by atoms with Crippen LogP contribution in [0.15, 0.2) is 29.1 Å². The van der Waals surface area contributed by atoms with Crippen molar-refractivity contribution in [2.45, 2.75) is 13.1 Å². The lowest BCUT2D eigenvalue weighted by Crippen LogP contribution is -2.37. The van der Waals surface area contributed by atoms with Crippen molar-refractivity contribution in [1.82, 2.24) is 9.97 Å². The number of carbonyl (C=O) groups is 1. The number of hydrogen-bond donors (Lipinski definition) is 2. The van der Waals surface area contributed by atoms with Crippen LogP contribution in [-0.2, 0) is 10.9 Å². The minimum atomic E-state index is -4.59. The molecule has 0 saturated carbocycles. The van der Waals surface area contributed by atoms with Crippen LogP contribution in [0.25, 0.3) is 0 Å². The van der Waals surface area contributed by atoms with E-state index < -0.39 is 23.2 Å². The Labute approximate surface area is 152 Å². The van der Waals surface area contributed by atoms with Gasteiger partial charge in [0, 0.05) is 30.5 Å². The average molecular weight is 382 g/mol. The summed E-state index contributed by atoms with van der Waals surface area (Å²) in [5.74, 6) is -0.539. The zero-order valence-electron chi connectivity index (χ0n) is 14.4. The molecule has 1 aliphatic rings. The van der Waals surface area contributed by atoms with Gasteiger partial charge in [0.05, 0.1) is 18.8 Å². The van der Waals surface area contributed by atoms with Crippen molar-refractivity contribution in [3.8, 4) is 0 Å². The lowest BCUT2D eigenvalue weighted by atomic mass is 10.1. The number of aromatic nitrogens is 2. The molecule has 1 fully saturated rings. The second-order valence-electron chi connectivity index (χ2n) is 6.00. The summed E-state index contributed by atoms with van der Waals surface area (Å²) in [6.07, 6.45) is -4.59. The monoisotopic (exact) mass is 382 g/mol. The van der Waals surface area contributed by atoms with Crippen LogP contribution in [0.3, 0.4) is 0 Å². The summed E-state index contributed by atoms with van der Waals surface area (Å²) in [4.78, 5) is 31.5. The molecule has 2 N–H and O–H groups in total. The molecule has 0 unspecified atom stereocenters. The lowest BCUT2D eigenvalue weighted by Gasteiger charge is -2.31. The van der Waals surface area contributed by atoms with Crippen molar-refractivity contribution in [2.24, 2.45) is 0 Å². The Morgan fingerprint density at radius 3 is 2.59 bits per heavy atom. The summed E-state index contributed by atoms with van der Waals surface area (Å²) in [5.41, 5.74) is -1.55. The van der Waals surface area contributed by atoms with E-state index in [0.29, 0.717) is 26.3 Å². The van der Waals surface area contributed by atoms with Gasteiger partial charge in [-0.15, -0.1) is 0 Å². The maximum atomic E-state index is 13.5. The van der Waals surface area contributed by atoms with Crippen LogP contribution >= 0.6 is 0 Å². The van der Waals surface area contributed by atoms with E-state index in [4.69, 9.17) is 4.74 Å². The first-order chi connectivity index (χ1) is 12.7. The fraction of sp³-hybridized carbons (Fsp3) is 0.353. The molecular formula is C17H17F3N4O3. The number of halogens is 3. The summed E-state index contributed by atoms with van der Waals surface area (Å²) >= 11 is 0. The number of morpholine rings is 1. The quantitative estimate of drug-likeness (QED) is 0.850. The molecule has 27 heavy (non-hydrogen) atoms. The number of nitrogens with zero attached hydrogens (tertiary/aromatic N) is 2. The van der Waals surface area contributed by atoms with Crippen LogP contribution in [0.2, 0.25) is 0 Å². The van der Waals surface area contributed by atoms with Crippen LogP contribution in [-0.4, -0.2) is 42.2 Å². The smallest absolute Gasteiger partial charge is 0.378 e. The number of rotatable bonds is 3. The fourth-order valence-corrected chi connectivity index (χ4v) is 2.81. The maximum absolute atomic E-state index is 13.5. The number of alkyl halides is 3. The highest BCUT2D eigenvalue weighted by atomic mass is 19.4. The van der Waals surface area contributed by atoms with Gasteiger partial charge >= 0.3 is 6.18 Å². The van der Waals surface area contributed by atoms with Crippen LogP contribution in [0.5, 0.6) is 0 Å². The van der Waals surface area contributed by atoms with Gasteiger partial charge in [-0.05, 0) is 25.1 Å². The van der Waals surface area contributed by atoms with Crippen molar-refractivity contribution >= 4 is 17.3 Å². The Morgan fingerprint density at radius 2 is 1.96 bits per heavy atom. The first-order valence-electron chi connectivity index (χ1n) is 8.17. The number of ether oxygens (including phenoxy) is 1. The van der Waals surface area contributed by atoms with Gasteiger partial charge in [-0.1, -0.05) is 0 Å². The number of nitrogens with one attached hydrogen (secondary N) is 2. The molecular weight excluding hydrogens is 365 g/mol. The third-order valence-corrected chi connectivity index (χ3v) is 4.00. The Hall–Kier alpha value is -2.88. The number of carbonyl (C=O) groups excluding carboxylic acids is 1. The first-order valence-corrected chi connectivity index (χ1v) is 8.17. The SMILES string of the molecule is Cc1nc(C(=O)Nc2ccc(N3CCOCC3)c(C(F)(F)F)c2)cc(=O)[nH]1. The molecule has 1 aromatic carbocycles. The highest BCUT2D eigenvalue weighted by Gasteiger charge is 2.35. The molecule has 0 bridgehead atoms. The van der Waals surface area contributed by atoms with E-state index in [1.165, 1.54) is 19.1 Å². The minimum absolute atomic E-state index is 0.0360. The Kier molecular flexibility index (Phi) is 5.17. The van der Waals surface area contributed by atoms with Gasteiger partial charge < -0.3 is 19.9 Å². The molecule has 10 heteroatoms. The van der Waals surface area contributed by atoms with Crippen LogP contribution in [0.1, 0.15) is 21.9 Å². The van der Waals surface area contributed by atoms with Crippen molar-refractivity contribution in [3.63, 3.8) is 0 Å². The topological polar surface area (TPSA) is 87.3 Å². The summed E-state index contributed by atoms with van der Waals surface area (Å²) in [6.45, 7) is 2.90. The predicted octanol–water partition coefficient (Wildman–Crippen LogP) is 2.19. The third kappa shape index (κ3) is 4.45. The molecule has 0 spiro atoms. The zero-order valence-corrected chi connectivity index (χ0v) is 14.4. The van der Waals surface area contributed by atoms with Gasteiger partial charge in [0.15, 0.2) is 0 Å². The van der Waals surface area contributed by atoms with Crippen molar-refractivity contribution in [2.75, 3.05) is 36.5 Å². The van der Waals surface area contributed by atoms with Crippen LogP contribution in [0.4, 0.5) is 24.5 Å². The number of H-pyrrole nitrogens is 1. The minimum Gasteiger partial charge on any atom is -0.378 e. The second-order valence-corrected chi connectivity index (χ2v) is 6.00. The summed E-state index contributed by atoms with van der Waals surface area (Å²) in [6, 6.07) is 4.57. The molecule has 1 aliphatic heterocycles. The van der Waals surface area contributed by atoms with E-state index in [2.05, 4.69) is 15.3 Å². The van der Waals surface area contributed by atoms with Crippen molar-refractivity contribution in [1.29, 1.82) is 0 Å². The number of hydrogen-bond acceptors (Lipinski definition) is 5. The number of benzene rings is 1. The highest BCUT2D eigenvalue weighted by Crippen LogP contribution is 2.38.